The van der Waals surface area contributed by atoms with Crippen molar-refractivity contribution in [1.82, 2.24) is 20.5 Å². The van der Waals surface area contributed by atoms with Crippen LogP contribution in [0.15, 0.2) is 24.4 Å². The van der Waals surface area contributed by atoms with E-state index >= 15 is 0 Å². The SMILES string of the molecule is CNC1(CC(=O)NC2(c3ccccn3)CC2)CN(C2CCC(C)(O)CC2)C1. The van der Waals surface area contributed by atoms with Crippen molar-refractivity contribution in [2.24, 2.45) is 0 Å². The lowest BCUT2D eigenvalue weighted by Gasteiger charge is -2.54. The number of amides is 1. The molecule has 1 aromatic heterocycles. The number of pyridine rings is 1. The minimum atomic E-state index is -0.495. The summed E-state index contributed by atoms with van der Waals surface area (Å²) in [5.74, 6) is 0.110. The maximum absolute atomic E-state index is 12.8. The molecule has 0 aromatic carbocycles. The van der Waals surface area contributed by atoms with E-state index in [0.29, 0.717) is 12.5 Å². The van der Waals surface area contributed by atoms with Crippen molar-refractivity contribution >= 4 is 5.91 Å². The Morgan fingerprint density at radius 3 is 2.52 bits per heavy atom. The molecule has 3 aliphatic rings. The highest BCUT2D eigenvalue weighted by atomic mass is 16.3. The van der Waals surface area contributed by atoms with Crippen LogP contribution in [0.2, 0.25) is 0 Å². The summed E-state index contributed by atoms with van der Waals surface area (Å²) in [4.78, 5) is 19.7. The average molecular weight is 373 g/mol. The zero-order chi connectivity index (χ0) is 19.1. The van der Waals surface area contributed by atoms with Crippen molar-refractivity contribution in [2.75, 3.05) is 20.1 Å². The third-order valence-electron chi connectivity index (χ3n) is 6.87. The Morgan fingerprint density at radius 2 is 1.96 bits per heavy atom. The molecular weight excluding hydrogens is 340 g/mol. The van der Waals surface area contributed by atoms with E-state index in [-0.39, 0.29) is 17.0 Å². The molecule has 2 heterocycles. The van der Waals surface area contributed by atoms with Gasteiger partial charge in [-0.05, 0) is 64.6 Å². The van der Waals surface area contributed by atoms with Crippen molar-refractivity contribution in [3.8, 4) is 0 Å². The summed E-state index contributed by atoms with van der Waals surface area (Å²) in [6.07, 6.45) is 8.05. The van der Waals surface area contributed by atoms with Crippen LogP contribution in [0.5, 0.6) is 0 Å². The highest BCUT2D eigenvalue weighted by Crippen LogP contribution is 2.45. The normalized spacial score (nSPS) is 31.7. The predicted molar refractivity (Wildman–Crippen MR) is 104 cm³/mol. The number of carbonyl (C=O) groups is 1. The Bertz CT molecular complexity index is 671. The van der Waals surface area contributed by atoms with Gasteiger partial charge in [-0.15, -0.1) is 0 Å². The number of hydrogen-bond donors (Lipinski definition) is 3. The first kappa shape index (κ1) is 18.8. The van der Waals surface area contributed by atoms with E-state index in [4.69, 9.17) is 0 Å². The van der Waals surface area contributed by atoms with Crippen LogP contribution in [0.3, 0.4) is 0 Å². The molecule has 6 nitrogen and oxygen atoms in total. The second-order valence-corrected chi connectivity index (χ2v) is 9.19. The van der Waals surface area contributed by atoms with Gasteiger partial charge in [-0.2, -0.15) is 0 Å². The summed E-state index contributed by atoms with van der Waals surface area (Å²) in [5.41, 5.74) is 0.0998. The first-order valence-corrected chi connectivity index (χ1v) is 10.2. The summed E-state index contributed by atoms with van der Waals surface area (Å²) >= 11 is 0. The maximum atomic E-state index is 12.8. The van der Waals surface area contributed by atoms with Gasteiger partial charge in [-0.25, -0.2) is 0 Å². The zero-order valence-electron chi connectivity index (χ0n) is 16.5. The van der Waals surface area contributed by atoms with E-state index in [9.17, 15) is 9.90 Å². The second-order valence-electron chi connectivity index (χ2n) is 9.19. The Morgan fingerprint density at radius 1 is 1.26 bits per heavy atom. The Balaban J connectivity index is 1.31. The van der Waals surface area contributed by atoms with E-state index < -0.39 is 5.60 Å². The molecule has 27 heavy (non-hydrogen) atoms. The third kappa shape index (κ3) is 3.89. The van der Waals surface area contributed by atoms with Crippen molar-refractivity contribution in [2.45, 2.75) is 74.6 Å². The van der Waals surface area contributed by atoms with Gasteiger partial charge in [0.15, 0.2) is 0 Å². The van der Waals surface area contributed by atoms with E-state index in [2.05, 4.69) is 20.5 Å². The number of likely N-dealkylation sites (tertiary alicyclic amines) is 1. The van der Waals surface area contributed by atoms with Crippen LogP contribution >= 0.6 is 0 Å². The number of hydrogen-bond acceptors (Lipinski definition) is 5. The van der Waals surface area contributed by atoms with Crippen LogP contribution in [-0.4, -0.2) is 58.2 Å². The number of nitrogens with one attached hydrogen (secondary N) is 2. The van der Waals surface area contributed by atoms with Crippen LogP contribution in [0.4, 0.5) is 0 Å². The van der Waals surface area contributed by atoms with Gasteiger partial charge in [0.05, 0.1) is 22.4 Å². The number of aliphatic hydroxyl groups is 1. The summed E-state index contributed by atoms with van der Waals surface area (Å²) < 4.78 is 0. The maximum Gasteiger partial charge on any atom is 0.222 e. The number of aromatic nitrogens is 1. The van der Waals surface area contributed by atoms with Crippen molar-refractivity contribution in [1.29, 1.82) is 0 Å². The Labute approximate surface area is 161 Å². The number of likely N-dealkylation sites (N-methyl/N-ethyl adjacent to an activating group) is 1. The van der Waals surface area contributed by atoms with Crippen molar-refractivity contribution in [3.05, 3.63) is 30.1 Å². The molecule has 148 valence electrons. The quantitative estimate of drug-likeness (QED) is 0.706. The van der Waals surface area contributed by atoms with Gasteiger partial charge in [-0.1, -0.05) is 6.07 Å². The molecule has 1 saturated heterocycles. The van der Waals surface area contributed by atoms with Gasteiger partial charge in [-0.3, -0.25) is 14.7 Å². The van der Waals surface area contributed by atoms with Gasteiger partial charge in [0, 0.05) is 31.7 Å². The number of nitrogens with zero attached hydrogens (tertiary/aromatic N) is 2. The van der Waals surface area contributed by atoms with E-state index in [1.165, 1.54) is 0 Å². The first-order valence-electron chi connectivity index (χ1n) is 10.2. The number of carbonyl (C=O) groups excluding carboxylic acids is 1. The first-order chi connectivity index (χ1) is 12.9. The summed E-state index contributed by atoms with van der Waals surface area (Å²) in [5, 5.41) is 16.8. The van der Waals surface area contributed by atoms with E-state index in [0.717, 1.165) is 57.3 Å². The molecule has 1 aliphatic heterocycles. The molecule has 3 N–H and O–H groups in total. The highest BCUT2D eigenvalue weighted by molar-refractivity contribution is 5.79. The molecule has 0 atom stereocenters. The topological polar surface area (TPSA) is 77.5 Å². The van der Waals surface area contributed by atoms with Crippen LogP contribution < -0.4 is 10.6 Å². The fourth-order valence-corrected chi connectivity index (χ4v) is 4.77. The molecule has 0 unspecified atom stereocenters. The average Bonchev–Trinajstić information content (AvgIpc) is 3.40. The van der Waals surface area contributed by atoms with Gasteiger partial charge in [0.2, 0.25) is 5.91 Å². The molecule has 0 bridgehead atoms. The smallest absolute Gasteiger partial charge is 0.222 e. The minimum absolute atomic E-state index is 0.110. The van der Waals surface area contributed by atoms with E-state index in [1.807, 2.05) is 32.2 Å². The summed E-state index contributed by atoms with van der Waals surface area (Å²) in [6.45, 7) is 3.75. The largest absolute Gasteiger partial charge is 0.390 e. The monoisotopic (exact) mass is 372 g/mol. The molecule has 0 spiro atoms. The molecule has 3 fully saturated rings. The lowest BCUT2D eigenvalue weighted by Crippen LogP contribution is -2.71. The van der Waals surface area contributed by atoms with Crippen LogP contribution in [0, 0.1) is 0 Å². The lowest BCUT2D eigenvalue weighted by molar-refractivity contribution is -0.126. The van der Waals surface area contributed by atoms with E-state index in [1.54, 1.807) is 6.20 Å². The summed E-state index contributed by atoms with van der Waals surface area (Å²) in [7, 11) is 1.96. The van der Waals surface area contributed by atoms with Crippen LogP contribution in [0.1, 0.15) is 57.6 Å². The van der Waals surface area contributed by atoms with Gasteiger partial charge in [0.25, 0.3) is 0 Å². The number of rotatable bonds is 6. The second kappa shape index (κ2) is 6.83. The molecule has 4 rings (SSSR count). The van der Waals surface area contributed by atoms with Crippen molar-refractivity contribution in [3.63, 3.8) is 0 Å². The molecule has 6 heteroatoms. The molecule has 2 aliphatic carbocycles. The molecule has 0 radical (unpaired) electrons. The third-order valence-corrected chi connectivity index (χ3v) is 6.87. The Kier molecular flexibility index (Phi) is 4.77. The fourth-order valence-electron chi connectivity index (χ4n) is 4.77. The lowest BCUT2D eigenvalue weighted by atomic mass is 9.78. The fraction of sp³-hybridized carbons (Fsp3) is 0.714. The summed E-state index contributed by atoms with van der Waals surface area (Å²) in [6, 6.07) is 6.43. The van der Waals surface area contributed by atoms with Gasteiger partial charge in [0.1, 0.15) is 0 Å². The molecule has 2 saturated carbocycles. The van der Waals surface area contributed by atoms with Crippen LogP contribution in [0.25, 0.3) is 0 Å². The van der Waals surface area contributed by atoms with Crippen LogP contribution in [-0.2, 0) is 10.3 Å². The standard InChI is InChI=1S/C21H32N4O2/c1-19(27)8-6-16(7-9-19)25-14-20(15-25,22-2)13-18(26)24-21(10-11-21)17-5-3-4-12-23-17/h3-5,12,16,22,27H,6-11,13-15H2,1-2H3,(H,24,26). The van der Waals surface area contributed by atoms with Gasteiger partial charge >= 0.3 is 0 Å². The zero-order valence-corrected chi connectivity index (χ0v) is 16.5. The van der Waals surface area contributed by atoms with Crippen molar-refractivity contribution < 1.29 is 9.90 Å². The van der Waals surface area contributed by atoms with Gasteiger partial charge < -0.3 is 15.7 Å². The minimum Gasteiger partial charge on any atom is -0.390 e. The molecule has 1 aromatic rings. The predicted octanol–water partition coefficient (Wildman–Crippen LogP) is 1.54. The Hall–Kier alpha value is -1.50. The highest BCUT2D eigenvalue weighted by Gasteiger charge is 2.50. The molecular formula is C21H32N4O2. The molecule has 1 amide bonds.